The van der Waals surface area contributed by atoms with Crippen LogP contribution in [0.2, 0.25) is 0 Å². The second kappa shape index (κ2) is 10.4. The molecule has 2 amide bonds. The van der Waals surface area contributed by atoms with E-state index in [0.29, 0.717) is 32.0 Å². The van der Waals surface area contributed by atoms with Crippen molar-refractivity contribution in [1.29, 1.82) is 0 Å². The van der Waals surface area contributed by atoms with Crippen molar-refractivity contribution in [2.45, 2.75) is 25.8 Å². The number of benzene rings is 2. The minimum Gasteiger partial charge on any atom is -0.352 e. The Balaban J connectivity index is 1.19. The minimum absolute atomic E-state index is 0.0458. The number of rotatable bonds is 7. The van der Waals surface area contributed by atoms with E-state index in [9.17, 15) is 18.4 Å². The SMILES string of the molecule is CC(c1nc2ccccc2s1)N1CCN(C(=O)CCCNC(=O)c2ccc(F)cc2F)CC1. The van der Waals surface area contributed by atoms with Crippen LogP contribution in [0.1, 0.15) is 41.2 Å². The number of nitrogens with zero attached hydrogens (tertiary/aromatic N) is 3. The molecule has 0 spiro atoms. The van der Waals surface area contributed by atoms with Gasteiger partial charge in [0.05, 0.1) is 21.8 Å². The summed E-state index contributed by atoms with van der Waals surface area (Å²) in [5.41, 5.74) is 0.813. The van der Waals surface area contributed by atoms with Crippen molar-refractivity contribution in [1.82, 2.24) is 20.1 Å². The largest absolute Gasteiger partial charge is 0.352 e. The molecular weight excluding hydrogens is 446 g/mol. The summed E-state index contributed by atoms with van der Waals surface area (Å²) in [6.45, 7) is 5.27. The maximum absolute atomic E-state index is 13.7. The number of piperazine rings is 1. The third-order valence-corrected chi connectivity index (χ3v) is 7.12. The van der Waals surface area contributed by atoms with Gasteiger partial charge in [-0.2, -0.15) is 0 Å². The van der Waals surface area contributed by atoms with E-state index in [-0.39, 0.29) is 24.1 Å². The van der Waals surface area contributed by atoms with Crippen LogP contribution in [-0.2, 0) is 4.79 Å². The van der Waals surface area contributed by atoms with Crippen LogP contribution in [0.3, 0.4) is 0 Å². The molecule has 0 radical (unpaired) electrons. The van der Waals surface area contributed by atoms with E-state index in [0.717, 1.165) is 35.7 Å². The van der Waals surface area contributed by atoms with E-state index in [4.69, 9.17) is 4.98 Å². The van der Waals surface area contributed by atoms with Gasteiger partial charge in [-0.25, -0.2) is 13.8 Å². The maximum atomic E-state index is 13.7. The van der Waals surface area contributed by atoms with E-state index in [1.165, 1.54) is 4.70 Å². The number of aromatic nitrogens is 1. The number of thiazole rings is 1. The van der Waals surface area contributed by atoms with Crippen molar-refractivity contribution in [2.24, 2.45) is 0 Å². The molecule has 6 nitrogen and oxygen atoms in total. The highest BCUT2D eigenvalue weighted by Gasteiger charge is 2.26. The predicted molar refractivity (Wildman–Crippen MR) is 124 cm³/mol. The average molecular weight is 473 g/mol. The van der Waals surface area contributed by atoms with Gasteiger partial charge in [-0.15, -0.1) is 11.3 Å². The molecule has 174 valence electrons. The lowest BCUT2D eigenvalue weighted by Gasteiger charge is -2.37. The number of halogens is 2. The Kier molecular flexibility index (Phi) is 7.29. The molecule has 1 aliphatic rings. The van der Waals surface area contributed by atoms with Crippen molar-refractivity contribution in [3.63, 3.8) is 0 Å². The lowest BCUT2D eigenvalue weighted by atomic mass is 10.2. The number of carbonyl (C=O) groups is 2. The number of carbonyl (C=O) groups excluding carboxylic acids is 2. The summed E-state index contributed by atoms with van der Waals surface area (Å²) in [5, 5.41) is 3.67. The monoisotopic (exact) mass is 472 g/mol. The summed E-state index contributed by atoms with van der Waals surface area (Å²) in [7, 11) is 0. The third-order valence-electron chi connectivity index (χ3n) is 5.91. The lowest BCUT2D eigenvalue weighted by Crippen LogP contribution is -2.49. The fourth-order valence-electron chi connectivity index (χ4n) is 3.95. The van der Waals surface area contributed by atoms with E-state index < -0.39 is 17.5 Å². The van der Waals surface area contributed by atoms with E-state index in [1.54, 1.807) is 11.3 Å². The van der Waals surface area contributed by atoms with Gasteiger partial charge < -0.3 is 10.2 Å². The molecule has 4 rings (SSSR count). The highest BCUT2D eigenvalue weighted by molar-refractivity contribution is 7.18. The van der Waals surface area contributed by atoms with Crippen LogP contribution in [-0.4, -0.2) is 59.3 Å². The molecule has 1 unspecified atom stereocenters. The highest BCUT2D eigenvalue weighted by Crippen LogP contribution is 2.30. The average Bonchev–Trinajstić information content (AvgIpc) is 3.25. The van der Waals surface area contributed by atoms with Crippen LogP contribution in [0.25, 0.3) is 10.2 Å². The summed E-state index contributed by atoms with van der Waals surface area (Å²) in [6, 6.07) is 11.1. The number of amides is 2. The molecule has 1 N–H and O–H groups in total. The van der Waals surface area contributed by atoms with Crippen molar-refractivity contribution in [3.05, 3.63) is 64.7 Å². The normalized spacial score (nSPS) is 15.5. The third kappa shape index (κ3) is 5.54. The van der Waals surface area contributed by atoms with Gasteiger partial charge in [0.25, 0.3) is 5.91 Å². The Morgan fingerprint density at radius 1 is 1.12 bits per heavy atom. The summed E-state index contributed by atoms with van der Waals surface area (Å²) in [6.07, 6.45) is 0.759. The Morgan fingerprint density at radius 3 is 2.61 bits per heavy atom. The first-order chi connectivity index (χ1) is 15.9. The Morgan fingerprint density at radius 2 is 1.88 bits per heavy atom. The zero-order chi connectivity index (χ0) is 23.4. The van der Waals surface area contributed by atoms with Gasteiger partial charge in [0, 0.05) is 45.2 Å². The van der Waals surface area contributed by atoms with Crippen molar-refractivity contribution in [3.8, 4) is 0 Å². The van der Waals surface area contributed by atoms with Gasteiger partial charge in [0.1, 0.15) is 16.6 Å². The molecule has 9 heteroatoms. The molecule has 3 aromatic rings. The lowest BCUT2D eigenvalue weighted by molar-refractivity contribution is -0.133. The van der Waals surface area contributed by atoms with Gasteiger partial charge in [0.2, 0.25) is 5.91 Å². The fraction of sp³-hybridized carbons (Fsp3) is 0.375. The second-order valence-corrected chi connectivity index (χ2v) is 9.16. The molecule has 0 aliphatic carbocycles. The van der Waals surface area contributed by atoms with Crippen LogP contribution < -0.4 is 5.32 Å². The van der Waals surface area contributed by atoms with Gasteiger partial charge in [-0.3, -0.25) is 14.5 Å². The first-order valence-electron chi connectivity index (χ1n) is 11.0. The summed E-state index contributed by atoms with van der Waals surface area (Å²) < 4.78 is 27.8. The van der Waals surface area contributed by atoms with Crippen molar-refractivity contribution < 1.29 is 18.4 Å². The highest BCUT2D eigenvalue weighted by atomic mass is 32.1. The zero-order valence-corrected chi connectivity index (χ0v) is 19.2. The zero-order valence-electron chi connectivity index (χ0n) is 18.4. The Bertz CT molecular complexity index is 1110. The molecule has 1 aliphatic heterocycles. The Labute approximate surface area is 195 Å². The fourth-order valence-corrected chi connectivity index (χ4v) is 5.01. The number of para-hydroxylation sites is 1. The molecule has 2 heterocycles. The molecule has 1 saturated heterocycles. The summed E-state index contributed by atoms with van der Waals surface area (Å²) >= 11 is 1.71. The minimum atomic E-state index is -0.901. The summed E-state index contributed by atoms with van der Waals surface area (Å²) in [5.74, 6) is -2.20. The quantitative estimate of drug-likeness (QED) is 0.528. The van der Waals surface area contributed by atoms with Crippen LogP contribution in [0, 0.1) is 11.6 Å². The number of fused-ring (bicyclic) bond motifs is 1. The van der Waals surface area contributed by atoms with Crippen molar-refractivity contribution >= 4 is 33.4 Å². The number of hydrogen-bond acceptors (Lipinski definition) is 5. The van der Waals surface area contributed by atoms with E-state index in [2.05, 4.69) is 23.2 Å². The Hall–Kier alpha value is -2.91. The van der Waals surface area contributed by atoms with E-state index >= 15 is 0 Å². The van der Waals surface area contributed by atoms with Gasteiger partial charge in [0.15, 0.2) is 0 Å². The molecular formula is C24H26F2N4O2S. The molecule has 33 heavy (non-hydrogen) atoms. The first-order valence-corrected chi connectivity index (χ1v) is 11.8. The molecule has 1 fully saturated rings. The van der Waals surface area contributed by atoms with Crippen LogP contribution in [0.15, 0.2) is 42.5 Å². The molecule has 1 atom stereocenters. The van der Waals surface area contributed by atoms with Gasteiger partial charge in [-0.05, 0) is 37.6 Å². The predicted octanol–water partition coefficient (Wildman–Crippen LogP) is 3.99. The molecule has 0 saturated carbocycles. The molecule has 0 bridgehead atoms. The van der Waals surface area contributed by atoms with Crippen LogP contribution >= 0.6 is 11.3 Å². The van der Waals surface area contributed by atoms with Crippen molar-refractivity contribution in [2.75, 3.05) is 32.7 Å². The number of nitrogens with one attached hydrogen (secondary N) is 1. The van der Waals surface area contributed by atoms with Gasteiger partial charge >= 0.3 is 0 Å². The van der Waals surface area contributed by atoms with E-state index in [1.807, 2.05) is 23.1 Å². The standard InChI is InChI=1S/C24H26F2N4O2S/c1-16(24-28-20-5-2-3-6-21(20)33-24)29-11-13-30(14-12-29)22(31)7-4-10-27-23(32)18-9-8-17(25)15-19(18)26/h2-3,5-6,8-9,15-16H,4,7,10-14H2,1H3,(H,27,32). The first kappa shape index (κ1) is 23.3. The van der Waals surface area contributed by atoms with Crippen LogP contribution in [0.4, 0.5) is 8.78 Å². The van der Waals surface area contributed by atoms with Gasteiger partial charge in [-0.1, -0.05) is 12.1 Å². The molecule has 1 aromatic heterocycles. The maximum Gasteiger partial charge on any atom is 0.254 e. The van der Waals surface area contributed by atoms with Crippen LogP contribution in [0.5, 0.6) is 0 Å². The summed E-state index contributed by atoms with van der Waals surface area (Å²) in [4.78, 5) is 33.5. The topological polar surface area (TPSA) is 65.5 Å². The molecule has 2 aromatic carbocycles. The number of hydrogen-bond donors (Lipinski definition) is 1. The smallest absolute Gasteiger partial charge is 0.254 e. The second-order valence-electron chi connectivity index (χ2n) is 8.10.